The Morgan fingerprint density at radius 2 is 2.46 bits per heavy atom. The predicted molar refractivity (Wildman–Crippen MR) is 50.2 cm³/mol. The third kappa shape index (κ3) is 2.97. The van der Waals surface area contributed by atoms with Crippen molar-refractivity contribution in [3.8, 4) is 0 Å². The van der Waals surface area contributed by atoms with E-state index in [0.29, 0.717) is 12.5 Å². The zero-order chi connectivity index (χ0) is 9.84. The molecule has 76 valence electrons. The van der Waals surface area contributed by atoms with Gasteiger partial charge in [0.2, 0.25) is 0 Å². The molecular weight excluding hydrogens is 168 g/mol. The van der Waals surface area contributed by atoms with Crippen LogP contribution in [0.4, 0.5) is 0 Å². The Morgan fingerprint density at radius 3 is 2.92 bits per heavy atom. The smallest absolute Gasteiger partial charge is 0.319 e. The first-order valence-corrected chi connectivity index (χ1v) is 4.68. The van der Waals surface area contributed by atoms with Crippen LogP contribution < -0.4 is 5.73 Å². The highest BCUT2D eigenvalue weighted by molar-refractivity contribution is 5.71. The summed E-state index contributed by atoms with van der Waals surface area (Å²) in [5, 5.41) is 0. The van der Waals surface area contributed by atoms with Crippen molar-refractivity contribution in [3.63, 3.8) is 0 Å². The maximum Gasteiger partial charge on any atom is 0.319 e. The first-order chi connectivity index (χ1) is 6.13. The van der Waals surface area contributed by atoms with Crippen LogP contribution in [0.2, 0.25) is 0 Å². The first-order valence-electron chi connectivity index (χ1n) is 4.68. The molecule has 0 amide bonds. The molecule has 0 spiro atoms. The Hall–Kier alpha value is -0.610. The van der Waals surface area contributed by atoms with Gasteiger partial charge in [-0.15, -0.1) is 0 Å². The van der Waals surface area contributed by atoms with Gasteiger partial charge in [-0.2, -0.15) is 0 Å². The SMILES string of the molecule is COC(=O)CN1CCC(C(C)N)C1. The lowest BCUT2D eigenvalue weighted by Gasteiger charge is -2.16. The number of ether oxygens (including phenoxy) is 1. The minimum Gasteiger partial charge on any atom is -0.468 e. The third-order valence-corrected chi connectivity index (χ3v) is 2.63. The largest absolute Gasteiger partial charge is 0.468 e. The van der Waals surface area contributed by atoms with Gasteiger partial charge >= 0.3 is 5.97 Å². The van der Waals surface area contributed by atoms with Gasteiger partial charge in [0.25, 0.3) is 0 Å². The highest BCUT2D eigenvalue weighted by Crippen LogP contribution is 2.17. The lowest BCUT2D eigenvalue weighted by molar-refractivity contribution is -0.141. The van der Waals surface area contributed by atoms with Crippen LogP contribution in [0.3, 0.4) is 0 Å². The van der Waals surface area contributed by atoms with Crippen molar-refractivity contribution in [2.45, 2.75) is 19.4 Å². The van der Waals surface area contributed by atoms with Gasteiger partial charge in [0.1, 0.15) is 0 Å². The fourth-order valence-electron chi connectivity index (χ4n) is 1.68. The summed E-state index contributed by atoms with van der Waals surface area (Å²) < 4.78 is 4.60. The maximum absolute atomic E-state index is 10.9. The van der Waals surface area contributed by atoms with Gasteiger partial charge in [0.05, 0.1) is 13.7 Å². The van der Waals surface area contributed by atoms with Gasteiger partial charge in [-0.1, -0.05) is 0 Å². The molecule has 0 aromatic rings. The van der Waals surface area contributed by atoms with Crippen molar-refractivity contribution in [2.75, 3.05) is 26.7 Å². The van der Waals surface area contributed by atoms with E-state index in [1.54, 1.807) is 0 Å². The molecule has 4 heteroatoms. The van der Waals surface area contributed by atoms with E-state index >= 15 is 0 Å². The summed E-state index contributed by atoms with van der Waals surface area (Å²) in [7, 11) is 1.42. The van der Waals surface area contributed by atoms with Crippen molar-refractivity contribution in [1.29, 1.82) is 0 Å². The molecule has 0 saturated carbocycles. The van der Waals surface area contributed by atoms with Crippen LogP contribution in [0, 0.1) is 5.92 Å². The van der Waals surface area contributed by atoms with Gasteiger partial charge in [0, 0.05) is 12.6 Å². The number of hydrogen-bond donors (Lipinski definition) is 1. The Kier molecular flexibility index (Phi) is 3.69. The standard InChI is InChI=1S/C9H18N2O2/c1-7(10)8-3-4-11(5-8)6-9(12)13-2/h7-8H,3-6,10H2,1-2H3. The zero-order valence-electron chi connectivity index (χ0n) is 8.32. The van der Waals surface area contributed by atoms with E-state index in [1.807, 2.05) is 6.92 Å². The number of carbonyl (C=O) groups is 1. The molecule has 1 heterocycles. The number of methoxy groups -OCH3 is 1. The Labute approximate surface area is 79.0 Å². The fourth-order valence-corrected chi connectivity index (χ4v) is 1.68. The Bertz CT molecular complexity index is 182. The molecule has 13 heavy (non-hydrogen) atoms. The molecule has 0 aromatic heterocycles. The lowest BCUT2D eigenvalue weighted by Crippen LogP contribution is -2.32. The van der Waals surface area contributed by atoms with E-state index in [4.69, 9.17) is 5.73 Å². The van der Waals surface area contributed by atoms with Crippen LogP contribution in [0.1, 0.15) is 13.3 Å². The number of nitrogens with zero attached hydrogens (tertiary/aromatic N) is 1. The second-order valence-electron chi connectivity index (χ2n) is 3.72. The van der Waals surface area contributed by atoms with E-state index < -0.39 is 0 Å². The van der Waals surface area contributed by atoms with E-state index in [0.717, 1.165) is 19.5 Å². The molecule has 0 radical (unpaired) electrons. The van der Waals surface area contributed by atoms with Crippen LogP contribution in [0.15, 0.2) is 0 Å². The summed E-state index contributed by atoms with van der Waals surface area (Å²) in [4.78, 5) is 13.0. The summed E-state index contributed by atoms with van der Waals surface area (Å²) in [6.45, 7) is 4.31. The highest BCUT2D eigenvalue weighted by atomic mass is 16.5. The molecule has 0 aliphatic carbocycles. The van der Waals surface area contributed by atoms with Crippen LogP contribution in [0.5, 0.6) is 0 Å². The number of rotatable bonds is 3. The summed E-state index contributed by atoms with van der Waals surface area (Å²) in [5.74, 6) is 0.370. The number of likely N-dealkylation sites (tertiary alicyclic amines) is 1. The maximum atomic E-state index is 10.9. The molecule has 1 aliphatic rings. The van der Waals surface area contributed by atoms with Crippen molar-refractivity contribution in [1.82, 2.24) is 4.90 Å². The quantitative estimate of drug-likeness (QED) is 0.622. The van der Waals surface area contributed by atoms with Crippen LogP contribution >= 0.6 is 0 Å². The number of hydrogen-bond acceptors (Lipinski definition) is 4. The first kappa shape index (κ1) is 10.5. The molecule has 2 N–H and O–H groups in total. The van der Waals surface area contributed by atoms with Gasteiger partial charge in [-0.25, -0.2) is 0 Å². The average molecular weight is 186 g/mol. The molecular formula is C9H18N2O2. The number of nitrogens with two attached hydrogens (primary N) is 1. The molecule has 1 rings (SSSR count). The minimum atomic E-state index is -0.162. The molecule has 0 aromatic carbocycles. The Morgan fingerprint density at radius 1 is 1.77 bits per heavy atom. The second-order valence-corrected chi connectivity index (χ2v) is 3.72. The van der Waals surface area contributed by atoms with Crippen molar-refractivity contribution in [2.24, 2.45) is 11.7 Å². The van der Waals surface area contributed by atoms with Crippen molar-refractivity contribution < 1.29 is 9.53 Å². The molecule has 2 unspecified atom stereocenters. The number of carbonyl (C=O) groups excluding carboxylic acids is 1. The van der Waals surface area contributed by atoms with Gasteiger partial charge in [0.15, 0.2) is 0 Å². The number of esters is 1. The third-order valence-electron chi connectivity index (χ3n) is 2.63. The highest BCUT2D eigenvalue weighted by Gasteiger charge is 2.26. The molecule has 2 atom stereocenters. The zero-order valence-corrected chi connectivity index (χ0v) is 8.32. The molecule has 1 fully saturated rings. The van der Waals surface area contributed by atoms with Crippen molar-refractivity contribution in [3.05, 3.63) is 0 Å². The molecule has 1 aliphatic heterocycles. The summed E-state index contributed by atoms with van der Waals surface area (Å²) in [6, 6.07) is 0.225. The summed E-state index contributed by atoms with van der Waals surface area (Å²) >= 11 is 0. The topological polar surface area (TPSA) is 55.6 Å². The normalized spacial score (nSPS) is 25.9. The van der Waals surface area contributed by atoms with Crippen molar-refractivity contribution >= 4 is 5.97 Å². The van der Waals surface area contributed by atoms with E-state index in [2.05, 4.69) is 9.64 Å². The average Bonchev–Trinajstić information content (AvgIpc) is 2.52. The lowest BCUT2D eigenvalue weighted by atomic mass is 10.0. The fraction of sp³-hybridized carbons (Fsp3) is 0.889. The molecule has 0 bridgehead atoms. The van der Waals surface area contributed by atoms with Crippen LogP contribution in [-0.4, -0.2) is 43.7 Å². The molecule has 1 saturated heterocycles. The van der Waals surface area contributed by atoms with Gasteiger partial charge in [-0.3, -0.25) is 9.69 Å². The van der Waals surface area contributed by atoms with E-state index in [9.17, 15) is 4.79 Å². The van der Waals surface area contributed by atoms with Gasteiger partial charge in [-0.05, 0) is 25.8 Å². The summed E-state index contributed by atoms with van der Waals surface area (Å²) in [6.07, 6.45) is 1.09. The van der Waals surface area contributed by atoms with E-state index in [-0.39, 0.29) is 12.0 Å². The van der Waals surface area contributed by atoms with Crippen LogP contribution in [0.25, 0.3) is 0 Å². The summed E-state index contributed by atoms with van der Waals surface area (Å²) in [5.41, 5.74) is 5.78. The van der Waals surface area contributed by atoms with E-state index in [1.165, 1.54) is 7.11 Å². The Balaban J connectivity index is 2.29. The van der Waals surface area contributed by atoms with Crippen LogP contribution in [-0.2, 0) is 9.53 Å². The van der Waals surface area contributed by atoms with Gasteiger partial charge < -0.3 is 10.5 Å². The second kappa shape index (κ2) is 4.58. The molecule has 4 nitrogen and oxygen atoms in total. The minimum absolute atomic E-state index is 0.162. The monoisotopic (exact) mass is 186 g/mol. The predicted octanol–water partition coefficient (Wildman–Crippen LogP) is -0.171.